The molecule has 1 aliphatic rings. The molecule has 1 aliphatic heterocycles. The average Bonchev–Trinajstić information content (AvgIpc) is 2.39. The van der Waals surface area contributed by atoms with Crippen LogP contribution in [0.3, 0.4) is 0 Å². The van der Waals surface area contributed by atoms with Crippen molar-refractivity contribution < 1.29 is 4.79 Å². The summed E-state index contributed by atoms with van der Waals surface area (Å²) in [4.78, 5) is 11.9. The van der Waals surface area contributed by atoms with Gasteiger partial charge < -0.3 is 10.6 Å². The fraction of sp³-hybridized carbons (Fsp3) is 0.929. The van der Waals surface area contributed by atoms with Crippen molar-refractivity contribution in [3.63, 3.8) is 0 Å². The van der Waals surface area contributed by atoms with Gasteiger partial charge in [0.15, 0.2) is 0 Å². The zero-order valence-electron chi connectivity index (χ0n) is 11.8. The van der Waals surface area contributed by atoms with Crippen LogP contribution in [0.15, 0.2) is 0 Å². The molecule has 0 spiro atoms. The number of piperidine rings is 1. The fourth-order valence-corrected chi connectivity index (χ4v) is 2.39. The molecule has 1 amide bonds. The molecule has 0 saturated carbocycles. The highest BCUT2D eigenvalue weighted by atomic mass is 35.5. The lowest BCUT2D eigenvalue weighted by Gasteiger charge is -2.24. The molecule has 3 nitrogen and oxygen atoms in total. The number of unbranched alkanes of at least 4 members (excludes halogenated alkanes) is 1. The number of carbonyl (C=O) groups excluding carboxylic acids is 1. The Kier molecular flexibility index (Phi) is 10.5. The third kappa shape index (κ3) is 6.60. The van der Waals surface area contributed by atoms with E-state index in [1.165, 1.54) is 38.5 Å². The van der Waals surface area contributed by atoms with Crippen LogP contribution in [0.4, 0.5) is 0 Å². The molecule has 18 heavy (non-hydrogen) atoms. The highest BCUT2D eigenvalue weighted by molar-refractivity contribution is 5.85. The van der Waals surface area contributed by atoms with E-state index in [1.807, 2.05) is 0 Å². The summed E-state index contributed by atoms with van der Waals surface area (Å²) in [5.41, 5.74) is 0. The van der Waals surface area contributed by atoms with Gasteiger partial charge in [-0.25, -0.2) is 0 Å². The summed E-state index contributed by atoms with van der Waals surface area (Å²) in [6.45, 7) is 6.28. The van der Waals surface area contributed by atoms with E-state index < -0.39 is 0 Å². The maximum atomic E-state index is 11.9. The number of hydrogen-bond acceptors (Lipinski definition) is 2. The molecule has 108 valence electrons. The number of halogens is 1. The van der Waals surface area contributed by atoms with Gasteiger partial charge in [-0.2, -0.15) is 0 Å². The van der Waals surface area contributed by atoms with Crippen LogP contribution in [0.2, 0.25) is 0 Å². The third-order valence-electron chi connectivity index (χ3n) is 3.74. The van der Waals surface area contributed by atoms with Gasteiger partial charge in [-0.1, -0.05) is 39.5 Å². The summed E-state index contributed by atoms with van der Waals surface area (Å²) in [6, 6.07) is 0.0624. The summed E-state index contributed by atoms with van der Waals surface area (Å²) < 4.78 is 0. The van der Waals surface area contributed by atoms with Gasteiger partial charge in [-0.15, -0.1) is 12.4 Å². The molecule has 0 aromatic rings. The highest BCUT2D eigenvalue weighted by Gasteiger charge is 2.20. The molecule has 2 atom stereocenters. The van der Waals surface area contributed by atoms with Gasteiger partial charge in [0.1, 0.15) is 0 Å². The van der Waals surface area contributed by atoms with E-state index in [1.54, 1.807) is 0 Å². The van der Waals surface area contributed by atoms with Crippen molar-refractivity contribution in [1.29, 1.82) is 0 Å². The van der Waals surface area contributed by atoms with Crippen LogP contribution in [-0.2, 0) is 4.79 Å². The van der Waals surface area contributed by atoms with Crippen molar-refractivity contribution in [3.05, 3.63) is 0 Å². The molecule has 2 unspecified atom stereocenters. The molecule has 1 fully saturated rings. The van der Waals surface area contributed by atoms with E-state index in [4.69, 9.17) is 0 Å². The quantitative estimate of drug-likeness (QED) is 0.751. The van der Waals surface area contributed by atoms with Gasteiger partial charge in [0.2, 0.25) is 5.91 Å². The van der Waals surface area contributed by atoms with Gasteiger partial charge in [0, 0.05) is 6.54 Å². The van der Waals surface area contributed by atoms with E-state index in [0.717, 1.165) is 19.5 Å². The first-order chi connectivity index (χ1) is 8.27. The van der Waals surface area contributed by atoms with Crippen molar-refractivity contribution in [2.45, 2.75) is 64.8 Å². The molecule has 1 saturated heterocycles. The third-order valence-corrected chi connectivity index (χ3v) is 3.74. The van der Waals surface area contributed by atoms with Gasteiger partial charge in [0.05, 0.1) is 6.04 Å². The fourth-order valence-electron chi connectivity index (χ4n) is 2.39. The van der Waals surface area contributed by atoms with Crippen LogP contribution in [-0.4, -0.2) is 25.0 Å². The highest BCUT2D eigenvalue weighted by Crippen LogP contribution is 2.12. The van der Waals surface area contributed by atoms with Crippen LogP contribution in [0.5, 0.6) is 0 Å². The van der Waals surface area contributed by atoms with Crippen molar-refractivity contribution in [2.75, 3.05) is 13.1 Å². The van der Waals surface area contributed by atoms with E-state index in [-0.39, 0.29) is 24.4 Å². The summed E-state index contributed by atoms with van der Waals surface area (Å²) in [6.07, 6.45) is 8.31. The predicted octanol–water partition coefficient (Wildman–Crippen LogP) is 2.88. The Labute approximate surface area is 118 Å². The summed E-state index contributed by atoms with van der Waals surface area (Å²) in [7, 11) is 0. The number of amides is 1. The molecule has 0 aromatic carbocycles. The Bertz CT molecular complexity index is 218. The molecule has 0 aromatic heterocycles. The standard InChI is InChI=1S/C14H28N2O.ClH/c1-3-5-8-12(4-2)11-16-14(17)13-9-6-7-10-15-13;/h12-13,15H,3-11H2,1-2H3,(H,16,17);1H. The molecule has 0 radical (unpaired) electrons. The second kappa shape index (κ2) is 10.6. The maximum absolute atomic E-state index is 11.9. The van der Waals surface area contributed by atoms with E-state index in [2.05, 4.69) is 24.5 Å². The number of hydrogen-bond donors (Lipinski definition) is 2. The average molecular weight is 277 g/mol. The Morgan fingerprint density at radius 1 is 1.39 bits per heavy atom. The van der Waals surface area contributed by atoms with Crippen LogP contribution in [0.25, 0.3) is 0 Å². The van der Waals surface area contributed by atoms with Crippen molar-refractivity contribution >= 4 is 18.3 Å². The first-order valence-electron chi connectivity index (χ1n) is 7.29. The van der Waals surface area contributed by atoms with Gasteiger partial charge in [0.25, 0.3) is 0 Å². The summed E-state index contributed by atoms with van der Waals surface area (Å²) in [5.74, 6) is 0.863. The normalized spacial score (nSPS) is 20.9. The molecule has 1 rings (SSSR count). The van der Waals surface area contributed by atoms with Crippen LogP contribution in [0.1, 0.15) is 58.8 Å². The van der Waals surface area contributed by atoms with Crippen molar-refractivity contribution in [3.8, 4) is 0 Å². The lowest BCUT2D eigenvalue weighted by atomic mass is 9.99. The molecular weight excluding hydrogens is 248 g/mol. The van der Waals surface area contributed by atoms with Crippen molar-refractivity contribution in [2.24, 2.45) is 5.92 Å². The van der Waals surface area contributed by atoms with E-state index in [0.29, 0.717) is 5.92 Å². The molecule has 0 bridgehead atoms. The molecule has 2 N–H and O–H groups in total. The van der Waals surface area contributed by atoms with E-state index >= 15 is 0 Å². The number of rotatable bonds is 7. The Morgan fingerprint density at radius 2 is 2.17 bits per heavy atom. The molecule has 4 heteroatoms. The van der Waals surface area contributed by atoms with Gasteiger partial charge >= 0.3 is 0 Å². The smallest absolute Gasteiger partial charge is 0.237 e. The van der Waals surface area contributed by atoms with Crippen molar-refractivity contribution in [1.82, 2.24) is 10.6 Å². The van der Waals surface area contributed by atoms with Gasteiger partial charge in [-0.3, -0.25) is 4.79 Å². The summed E-state index contributed by atoms with van der Waals surface area (Å²) in [5, 5.41) is 6.40. The second-order valence-electron chi connectivity index (χ2n) is 5.16. The number of nitrogens with one attached hydrogen (secondary N) is 2. The van der Waals surface area contributed by atoms with Crippen LogP contribution < -0.4 is 10.6 Å². The minimum Gasteiger partial charge on any atom is -0.354 e. The first kappa shape index (κ1) is 17.7. The Balaban J connectivity index is 0.00000289. The maximum Gasteiger partial charge on any atom is 0.237 e. The van der Waals surface area contributed by atoms with Crippen LogP contribution in [0, 0.1) is 5.92 Å². The SMILES string of the molecule is CCCCC(CC)CNC(=O)C1CCCCN1.Cl. The minimum atomic E-state index is 0. The first-order valence-corrected chi connectivity index (χ1v) is 7.29. The minimum absolute atomic E-state index is 0. The summed E-state index contributed by atoms with van der Waals surface area (Å²) >= 11 is 0. The Hall–Kier alpha value is -0.280. The topological polar surface area (TPSA) is 41.1 Å². The van der Waals surface area contributed by atoms with Gasteiger partial charge in [-0.05, 0) is 31.7 Å². The lowest BCUT2D eigenvalue weighted by molar-refractivity contribution is -0.123. The zero-order valence-corrected chi connectivity index (χ0v) is 12.7. The molecule has 0 aliphatic carbocycles. The zero-order chi connectivity index (χ0) is 12.5. The van der Waals surface area contributed by atoms with E-state index in [9.17, 15) is 4.79 Å². The van der Waals surface area contributed by atoms with Crippen LogP contribution >= 0.6 is 12.4 Å². The number of carbonyl (C=O) groups is 1. The predicted molar refractivity (Wildman–Crippen MR) is 79.2 cm³/mol. The second-order valence-corrected chi connectivity index (χ2v) is 5.16. The Morgan fingerprint density at radius 3 is 2.72 bits per heavy atom. The largest absolute Gasteiger partial charge is 0.354 e. The lowest BCUT2D eigenvalue weighted by Crippen LogP contribution is -2.47. The molecule has 1 heterocycles. The molecular formula is C14H29ClN2O. The monoisotopic (exact) mass is 276 g/mol.